The molecule has 2 aromatic carbocycles. The maximum atomic E-state index is 12.2. The van der Waals surface area contributed by atoms with E-state index in [1.807, 2.05) is 30.3 Å². The zero-order valence-electron chi connectivity index (χ0n) is 13.5. The molecule has 0 fully saturated rings. The molecule has 0 bridgehead atoms. The monoisotopic (exact) mass is 383 g/mol. The Morgan fingerprint density at radius 2 is 1.81 bits per heavy atom. The molecule has 27 heavy (non-hydrogen) atoms. The molecule has 0 spiro atoms. The molecule has 9 nitrogen and oxygen atoms in total. The summed E-state index contributed by atoms with van der Waals surface area (Å²) in [6, 6.07) is 14.8. The number of para-hydroxylation sites is 1. The number of benzene rings is 2. The van der Waals surface area contributed by atoms with Crippen LogP contribution in [0.5, 0.6) is 0 Å². The Bertz CT molecular complexity index is 1170. The van der Waals surface area contributed by atoms with Gasteiger partial charge in [-0.05, 0) is 30.3 Å². The minimum Gasteiger partial charge on any atom is -0.395 e. The van der Waals surface area contributed by atoms with Crippen LogP contribution < -0.4 is 5.32 Å². The first-order valence-corrected chi connectivity index (χ1v) is 8.06. The lowest BCUT2D eigenvalue weighted by Gasteiger charge is -2.04. The number of halogens is 1. The molecule has 10 heteroatoms. The first kappa shape index (κ1) is 16.7. The summed E-state index contributed by atoms with van der Waals surface area (Å²) in [7, 11) is 0. The standard InChI is InChI=1S/C17H10ClN5O4/c18-11-8-13-14(21-22(20-13)10-4-2-1-3-5-10)9-12(11)19-17(24)15-6-7-16(27-15)23(25)26/h1-9H,(H,19,24). The van der Waals surface area contributed by atoms with Gasteiger partial charge in [0.15, 0.2) is 5.76 Å². The lowest BCUT2D eigenvalue weighted by Crippen LogP contribution is -2.11. The number of aromatic nitrogens is 3. The van der Waals surface area contributed by atoms with Crippen molar-refractivity contribution in [2.75, 3.05) is 5.32 Å². The van der Waals surface area contributed by atoms with Crippen molar-refractivity contribution in [3.05, 3.63) is 75.5 Å². The summed E-state index contributed by atoms with van der Waals surface area (Å²) in [5, 5.41) is 22.2. The number of amides is 1. The Morgan fingerprint density at radius 3 is 2.48 bits per heavy atom. The number of anilines is 1. The summed E-state index contributed by atoms with van der Waals surface area (Å²) in [6.45, 7) is 0. The minimum absolute atomic E-state index is 0.203. The van der Waals surface area contributed by atoms with Gasteiger partial charge in [0.1, 0.15) is 16.0 Å². The average molecular weight is 384 g/mol. The molecule has 1 amide bonds. The van der Waals surface area contributed by atoms with Gasteiger partial charge < -0.3 is 9.73 Å². The van der Waals surface area contributed by atoms with Crippen molar-refractivity contribution < 1.29 is 14.1 Å². The molecule has 0 radical (unpaired) electrons. The summed E-state index contributed by atoms with van der Waals surface area (Å²) in [6.07, 6.45) is 0. The second-order valence-electron chi connectivity index (χ2n) is 5.49. The van der Waals surface area contributed by atoms with E-state index in [1.54, 1.807) is 12.1 Å². The molecule has 134 valence electrons. The predicted octanol–water partition coefficient (Wildman–Crippen LogP) is 3.83. The molecule has 0 aliphatic rings. The molecule has 0 saturated heterocycles. The Balaban J connectivity index is 1.64. The first-order chi connectivity index (χ1) is 13.0. The summed E-state index contributed by atoms with van der Waals surface area (Å²) in [4.78, 5) is 23.6. The van der Waals surface area contributed by atoms with Crippen molar-refractivity contribution in [1.29, 1.82) is 0 Å². The van der Waals surface area contributed by atoms with E-state index in [2.05, 4.69) is 15.5 Å². The van der Waals surface area contributed by atoms with Crippen LogP contribution in [0.4, 0.5) is 11.6 Å². The van der Waals surface area contributed by atoms with Crippen LogP contribution in [0.15, 0.2) is 59.0 Å². The molecule has 0 aliphatic carbocycles. The quantitative estimate of drug-likeness (QED) is 0.423. The highest BCUT2D eigenvalue weighted by Gasteiger charge is 2.19. The fourth-order valence-electron chi connectivity index (χ4n) is 2.44. The van der Waals surface area contributed by atoms with Gasteiger partial charge in [-0.1, -0.05) is 29.8 Å². The Hall–Kier alpha value is -3.72. The molecule has 0 atom stereocenters. The number of fused-ring (bicyclic) bond motifs is 1. The Labute approximate surface area is 156 Å². The molecule has 2 heterocycles. The second-order valence-corrected chi connectivity index (χ2v) is 5.90. The van der Waals surface area contributed by atoms with E-state index in [9.17, 15) is 14.9 Å². The summed E-state index contributed by atoms with van der Waals surface area (Å²) in [5.41, 5.74) is 2.13. The van der Waals surface area contributed by atoms with Gasteiger partial charge in [0, 0.05) is 0 Å². The number of nitrogens with zero attached hydrogens (tertiary/aromatic N) is 4. The van der Waals surface area contributed by atoms with Crippen molar-refractivity contribution in [3.63, 3.8) is 0 Å². The average Bonchev–Trinajstić information content (AvgIpc) is 3.30. The zero-order valence-corrected chi connectivity index (χ0v) is 14.3. The molecule has 1 N–H and O–H groups in total. The summed E-state index contributed by atoms with van der Waals surface area (Å²) >= 11 is 6.22. The van der Waals surface area contributed by atoms with Gasteiger partial charge >= 0.3 is 5.88 Å². The fourth-order valence-corrected chi connectivity index (χ4v) is 2.65. The third-order valence-corrected chi connectivity index (χ3v) is 4.01. The van der Waals surface area contributed by atoms with Gasteiger partial charge in [-0.25, -0.2) is 0 Å². The van der Waals surface area contributed by atoms with Crippen LogP contribution >= 0.6 is 11.6 Å². The number of carbonyl (C=O) groups excluding carboxylic acids is 1. The third-order valence-electron chi connectivity index (χ3n) is 3.70. The highest BCUT2D eigenvalue weighted by Crippen LogP contribution is 2.28. The molecule has 0 unspecified atom stereocenters. The zero-order chi connectivity index (χ0) is 19.0. The van der Waals surface area contributed by atoms with Gasteiger partial charge in [0.2, 0.25) is 0 Å². The van der Waals surface area contributed by atoms with Crippen LogP contribution in [0.2, 0.25) is 5.02 Å². The van der Waals surface area contributed by atoms with Gasteiger partial charge in [-0.2, -0.15) is 4.80 Å². The van der Waals surface area contributed by atoms with Crippen molar-refractivity contribution in [1.82, 2.24) is 15.0 Å². The minimum atomic E-state index is -0.724. The van der Waals surface area contributed by atoms with Crippen molar-refractivity contribution in [3.8, 4) is 5.69 Å². The van der Waals surface area contributed by atoms with E-state index < -0.39 is 16.7 Å². The normalized spacial score (nSPS) is 10.9. The number of nitro groups is 1. The lowest BCUT2D eigenvalue weighted by molar-refractivity contribution is -0.402. The van der Waals surface area contributed by atoms with Gasteiger partial charge in [0.05, 0.1) is 22.5 Å². The van der Waals surface area contributed by atoms with E-state index in [0.717, 1.165) is 11.8 Å². The van der Waals surface area contributed by atoms with E-state index in [0.29, 0.717) is 11.0 Å². The topological polar surface area (TPSA) is 116 Å². The largest absolute Gasteiger partial charge is 0.433 e. The molecule has 4 rings (SSSR count). The van der Waals surface area contributed by atoms with Crippen LogP contribution in [0.1, 0.15) is 10.6 Å². The SMILES string of the molecule is O=C(Nc1cc2nn(-c3ccccc3)nc2cc1Cl)c1ccc([N+](=O)[O-])o1. The summed E-state index contributed by atoms with van der Waals surface area (Å²) < 4.78 is 4.88. The van der Waals surface area contributed by atoms with Gasteiger partial charge in [-0.15, -0.1) is 10.2 Å². The highest BCUT2D eigenvalue weighted by molar-refractivity contribution is 6.34. The van der Waals surface area contributed by atoms with Gasteiger partial charge in [-0.3, -0.25) is 14.9 Å². The van der Waals surface area contributed by atoms with Crippen LogP contribution in [0.25, 0.3) is 16.7 Å². The summed E-state index contributed by atoms with van der Waals surface area (Å²) in [5.74, 6) is -1.39. The van der Waals surface area contributed by atoms with Crippen LogP contribution in [0.3, 0.4) is 0 Å². The third kappa shape index (κ3) is 3.23. The molecular formula is C17H10ClN5O4. The first-order valence-electron chi connectivity index (χ1n) is 7.69. The van der Waals surface area contributed by atoms with Crippen LogP contribution in [-0.4, -0.2) is 25.8 Å². The number of rotatable bonds is 4. The van der Waals surface area contributed by atoms with Crippen LogP contribution in [-0.2, 0) is 0 Å². The lowest BCUT2D eigenvalue weighted by atomic mass is 10.2. The van der Waals surface area contributed by atoms with Crippen molar-refractivity contribution in [2.45, 2.75) is 0 Å². The maximum Gasteiger partial charge on any atom is 0.433 e. The molecule has 0 saturated carbocycles. The van der Waals surface area contributed by atoms with E-state index >= 15 is 0 Å². The molecular weight excluding hydrogens is 374 g/mol. The van der Waals surface area contributed by atoms with Crippen molar-refractivity contribution in [2.24, 2.45) is 0 Å². The van der Waals surface area contributed by atoms with E-state index in [4.69, 9.17) is 16.0 Å². The Kier molecular flexibility index (Phi) is 4.05. The van der Waals surface area contributed by atoms with Crippen molar-refractivity contribution >= 4 is 40.1 Å². The fraction of sp³-hybridized carbons (Fsp3) is 0. The number of furan rings is 1. The van der Waals surface area contributed by atoms with Crippen LogP contribution in [0, 0.1) is 10.1 Å². The molecule has 2 aromatic heterocycles. The van der Waals surface area contributed by atoms with E-state index in [1.165, 1.54) is 10.9 Å². The predicted molar refractivity (Wildman–Crippen MR) is 97.2 cm³/mol. The molecule has 4 aromatic rings. The highest BCUT2D eigenvalue weighted by atomic mass is 35.5. The number of nitrogens with one attached hydrogen (secondary N) is 1. The number of carbonyl (C=O) groups is 1. The smallest absolute Gasteiger partial charge is 0.395 e. The molecule has 0 aliphatic heterocycles. The van der Waals surface area contributed by atoms with E-state index in [-0.39, 0.29) is 16.5 Å². The number of hydrogen-bond acceptors (Lipinski definition) is 6. The maximum absolute atomic E-state index is 12.2. The Morgan fingerprint density at radius 1 is 1.11 bits per heavy atom. The van der Waals surface area contributed by atoms with Gasteiger partial charge in [0.25, 0.3) is 5.91 Å². The second kappa shape index (κ2) is 6.54. The number of hydrogen-bond donors (Lipinski definition) is 1.